The lowest BCUT2D eigenvalue weighted by Crippen LogP contribution is -2.50. The van der Waals surface area contributed by atoms with E-state index >= 15 is 0 Å². The van der Waals surface area contributed by atoms with Gasteiger partial charge in [0.05, 0.1) is 35.2 Å². The Morgan fingerprint density at radius 2 is 1.88 bits per heavy atom. The van der Waals surface area contributed by atoms with Crippen molar-refractivity contribution in [2.75, 3.05) is 25.1 Å². The third-order valence-corrected chi connectivity index (χ3v) is 10.5. The van der Waals surface area contributed by atoms with E-state index in [4.69, 9.17) is 25.8 Å². The molecule has 3 unspecified atom stereocenters. The molecule has 248 valence electrons. The monoisotopic (exact) mass is 666 g/mol. The Morgan fingerprint density at radius 3 is 2.62 bits per heavy atom. The summed E-state index contributed by atoms with van der Waals surface area (Å²) in [6, 6.07) is 17.8. The van der Waals surface area contributed by atoms with Crippen LogP contribution >= 0.6 is 11.6 Å². The summed E-state index contributed by atoms with van der Waals surface area (Å²) >= 11 is 7.04. The quantitative estimate of drug-likeness (QED) is 0.197. The largest absolute Gasteiger partial charge is 0.872 e. The average Bonchev–Trinajstić information content (AvgIpc) is 3.34. The number of ether oxygens (including phenoxy) is 3. The van der Waals surface area contributed by atoms with Crippen LogP contribution in [0.4, 0.5) is 11.4 Å². The second-order valence-electron chi connectivity index (χ2n) is 13.6. The molecule has 0 aromatic heterocycles. The molecule has 3 aromatic carbocycles. The number of benzene rings is 3. The Morgan fingerprint density at radius 1 is 1.12 bits per heavy atom. The maximum absolute atomic E-state index is 13.6. The smallest absolute Gasteiger partial charge is 0.339 e. The van der Waals surface area contributed by atoms with Crippen LogP contribution < -0.4 is 14.7 Å². The lowest BCUT2D eigenvalue weighted by atomic mass is 9.68. The zero-order valence-electron chi connectivity index (χ0n) is 27.8. The number of rotatable bonds is 7. The van der Waals surface area contributed by atoms with Crippen LogP contribution in [0.3, 0.4) is 0 Å². The van der Waals surface area contributed by atoms with Gasteiger partial charge in [-0.15, -0.1) is 5.75 Å². The van der Waals surface area contributed by atoms with Crippen LogP contribution in [0.25, 0.3) is 0 Å². The molecule has 48 heavy (non-hydrogen) atoms. The Kier molecular flexibility index (Phi) is 7.90. The van der Waals surface area contributed by atoms with E-state index in [0.717, 1.165) is 29.0 Å². The Balaban J connectivity index is 1.40. The number of carbonyl (C=O) groups excluding carboxylic acids is 2. The molecule has 3 heterocycles. The molecule has 0 fully saturated rings. The highest BCUT2D eigenvalue weighted by molar-refractivity contribution is 6.33. The topological polar surface area (TPSA) is 91.1 Å². The number of carbonyl (C=O) groups is 2. The molecule has 3 aliphatic heterocycles. The van der Waals surface area contributed by atoms with Crippen LogP contribution in [0.1, 0.15) is 68.4 Å². The van der Waals surface area contributed by atoms with Gasteiger partial charge in [-0.1, -0.05) is 54.9 Å². The van der Waals surface area contributed by atoms with Crippen LogP contribution in [0.2, 0.25) is 5.02 Å². The number of nitrogens with zero attached hydrogens (tertiary/aromatic N) is 2. The molecule has 8 nitrogen and oxygen atoms in total. The Bertz CT molecular complexity index is 1930. The third kappa shape index (κ3) is 5.09. The lowest BCUT2D eigenvalue weighted by molar-refractivity contribution is -0.606. The molecular formula is C39H39ClN2O6. The number of allylic oxidation sites excluding steroid dienone is 2. The van der Waals surface area contributed by atoms with Crippen molar-refractivity contribution in [3.8, 4) is 11.5 Å². The van der Waals surface area contributed by atoms with Crippen molar-refractivity contribution in [3.63, 3.8) is 0 Å². The van der Waals surface area contributed by atoms with Crippen molar-refractivity contribution < 1.29 is 33.5 Å². The van der Waals surface area contributed by atoms with Crippen LogP contribution in [0.5, 0.6) is 11.5 Å². The first-order chi connectivity index (χ1) is 22.9. The first-order valence-electron chi connectivity index (χ1n) is 16.5. The molecular weight excluding hydrogens is 628 g/mol. The predicted molar refractivity (Wildman–Crippen MR) is 182 cm³/mol. The van der Waals surface area contributed by atoms with E-state index in [0.29, 0.717) is 59.3 Å². The zero-order valence-corrected chi connectivity index (χ0v) is 28.6. The molecule has 0 bridgehead atoms. The number of esters is 2. The summed E-state index contributed by atoms with van der Waals surface area (Å²) in [5.74, 6) is 0.319. The van der Waals surface area contributed by atoms with Crippen molar-refractivity contribution in [1.29, 1.82) is 0 Å². The van der Waals surface area contributed by atoms with Crippen molar-refractivity contribution in [3.05, 3.63) is 106 Å². The van der Waals surface area contributed by atoms with Crippen LogP contribution in [-0.2, 0) is 19.9 Å². The summed E-state index contributed by atoms with van der Waals surface area (Å²) < 4.78 is 20.9. The molecule has 0 saturated carbocycles. The van der Waals surface area contributed by atoms with E-state index in [1.807, 2.05) is 49.2 Å². The van der Waals surface area contributed by atoms with Gasteiger partial charge in [-0.05, 0) is 51.0 Å². The van der Waals surface area contributed by atoms with Gasteiger partial charge in [0.1, 0.15) is 18.1 Å². The minimum absolute atomic E-state index is 0.0778. The standard InChI is InChI=1S/C39H39ClN2O6/c1-6-46-36(44)12-9-17-42-32-20-34-29(18-27(32)23(2)22-38(42,3)4)39(28-11-8-7-10-26(28)37(45)48-39)30-19-31(40)33(21-35(30)47-34)41(5)24-13-15-25(43)16-14-24/h7-8,10-11,13-16,18-21,23,29H,6,9,12,17,22H2,1-5H3. The lowest BCUT2D eigenvalue weighted by Gasteiger charge is -2.44. The highest BCUT2D eigenvalue weighted by atomic mass is 35.5. The number of hydrogen-bond acceptors (Lipinski definition) is 7. The number of fused-ring (bicyclic) bond motifs is 7. The van der Waals surface area contributed by atoms with Crippen LogP contribution in [-0.4, -0.2) is 48.0 Å². The first-order valence-corrected chi connectivity index (χ1v) is 16.9. The fourth-order valence-corrected chi connectivity index (χ4v) is 8.29. The minimum Gasteiger partial charge on any atom is -0.872 e. The normalized spacial score (nSPS) is 23.2. The molecule has 4 aliphatic rings. The van der Waals surface area contributed by atoms with Gasteiger partial charge in [0.15, 0.2) is 11.1 Å². The van der Waals surface area contributed by atoms with E-state index in [2.05, 4.69) is 37.5 Å². The fraction of sp³-hybridized carbons (Fsp3) is 0.359. The summed E-state index contributed by atoms with van der Waals surface area (Å²) in [4.78, 5) is 27.7. The SMILES string of the molecule is CCOC(=O)CCC[N+]1=C2C=C3Oc4cc(N(C)c5ccc([O-])cc5)c(Cl)cc4C4(OC(=O)c5ccccc54)C3C=C2C(C)CC1(C)C. The zero-order chi connectivity index (χ0) is 34.0. The van der Waals surface area contributed by atoms with E-state index < -0.39 is 11.5 Å². The van der Waals surface area contributed by atoms with Crippen molar-refractivity contribution in [1.82, 2.24) is 0 Å². The summed E-state index contributed by atoms with van der Waals surface area (Å²) in [6.07, 6.45) is 6.23. The molecule has 0 amide bonds. The number of anilines is 2. The van der Waals surface area contributed by atoms with Gasteiger partial charge in [-0.2, -0.15) is 0 Å². The molecule has 0 N–H and O–H groups in total. The van der Waals surface area contributed by atoms with Gasteiger partial charge < -0.3 is 24.2 Å². The van der Waals surface area contributed by atoms with Gasteiger partial charge in [-0.3, -0.25) is 4.79 Å². The van der Waals surface area contributed by atoms with Gasteiger partial charge in [0.25, 0.3) is 0 Å². The van der Waals surface area contributed by atoms with Crippen LogP contribution in [0, 0.1) is 11.8 Å². The van der Waals surface area contributed by atoms with Gasteiger partial charge in [0, 0.05) is 54.4 Å². The highest BCUT2D eigenvalue weighted by Gasteiger charge is 2.59. The third-order valence-electron chi connectivity index (χ3n) is 10.2. The molecule has 0 saturated heterocycles. The fourth-order valence-electron chi connectivity index (χ4n) is 8.00. The summed E-state index contributed by atoms with van der Waals surface area (Å²) in [5, 5.41) is 12.3. The average molecular weight is 667 g/mol. The second-order valence-corrected chi connectivity index (χ2v) is 14.0. The minimum atomic E-state index is -1.20. The highest BCUT2D eigenvalue weighted by Crippen LogP contribution is 2.59. The molecule has 1 aliphatic carbocycles. The molecule has 3 atom stereocenters. The molecule has 0 radical (unpaired) electrons. The summed E-state index contributed by atoms with van der Waals surface area (Å²) in [7, 11) is 1.88. The van der Waals surface area contributed by atoms with Crippen molar-refractivity contribution >= 4 is 40.6 Å². The van der Waals surface area contributed by atoms with Crippen molar-refractivity contribution in [2.45, 2.75) is 58.1 Å². The Hall–Kier alpha value is -4.56. The maximum atomic E-state index is 13.6. The van der Waals surface area contributed by atoms with Crippen LogP contribution in [0.15, 0.2) is 84.1 Å². The predicted octanol–water partition coefficient (Wildman–Crippen LogP) is 7.04. The van der Waals surface area contributed by atoms with Gasteiger partial charge in [-0.25, -0.2) is 9.37 Å². The number of hydrogen-bond donors (Lipinski definition) is 0. The van der Waals surface area contributed by atoms with E-state index in [9.17, 15) is 14.7 Å². The van der Waals surface area contributed by atoms with E-state index in [1.54, 1.807) is 18.2 Å². The van der Waals surface area contributed by atoms with E-state index in [1.165, 1.54) is 12.1 Å². The summed E-state index contributed by atoms with van der Waals surface area (Å²) in [5.41, 5.74) is 4.27. The van der Waals surface area contributed by atoms with Gasteiger partial charge in [0.2, 0.25) is 5.71 Å². The molecule has 3 aromatic rings. The number of halogens is 1. The maximum Gasteiger partial charge on any atom is 0.339 e. The first kappa shape index (κ1) is 32.0. The molecule has 1 spiro atoms. The van der Waals surface area contributed by atoms with Gasteiger partial charge >= 0.3 is 11.9 Å². The van der Waals surface area contributed by atoms with E-state index in [-0.39, 0.29) is 29.1 Å². The molecule has 9 heteroatoms. The molecule has 7 rings (SSSR count). The second kappa shape index (κ2) is 11.8. The van der Waals surface area contributed by atoms with Crippen molar-refractivity contribution in [2.24, 2.45) is 11.8 Å². The summed E-state index contributed by atoms with van der Waals surface area (Å²) in [6.45, 7) is 9.57. The Labute approximate surface area is 285 Å².